The Kier molecular flexibility index (Phi) is 4.38. The van der Waals surface area contributed by atoms with Gasteiger partial charge in [-0.3, -0.25) is 9.59 Å². The molecule has 2 fully saturated rings. The van der Waals surface area contributed by atoms with E-state index in [9.17, 15) is 9.59 Å². The van der Waals surface area contributed by atoms with Crippen molar-refractivity contribution in [1.29, 1.82) is 0 Å². The van der Waals surface area contributed by atoms with Gasteiger partial charge in [0.2, 0.25) is 0 Å². The van der Waals surface area contributed by atoms with Gasteiger partial charge in [0.05, 0.1) is 0 Å². The summed E-state index contributed by atoms with van der Waals surface area (Å²) in [5.74, 6) is 0.198. The number of rotatable bonds is 2. The largest absolute Gasteiger partial charge is 0.361 e. The molecule has 3 aromatic rings. The van der Waals surface area contributed by atoms with Crippen LogP contribution in [0.15, 0.2) is 60.8 Å². The Hall–Kier alpha value is -3.08. The molecule has 1 N–H and O–H groups in total. The summed E-state index contributed by atoms with van der Waals surface area (Å²) < 4.78 is 0. The van der Waals surface area contributed by atoms with Crippen LogP contribution in [0.4, 0.5) is 0 Å². The van der Waals surface area contributed by atoms with Crippen LogP contribution in [-0.2, 0) is 0 Å². The molecular weight excluding hydrogens is 362 g/mol. The number of fused-ring (bicyclic) bond motifs is 1. The van der Waals surface area contributed by atoms with Crippen LogP contribution >= 0.6 is 0 Å². The third-order valence-electron chi connectivity index (χ3n) is 6.50. The topological polar surface area (TPSA) is 56.4 Å². The van der Waals surface area contributed by atoms with Crippen molar-refractivity contribution in [3.63, 3.8) is 0 Å². The second kappa shape index (κ2) is 7.07. The first-order valence-corrected chi connectivity index (χ1v) is 10.3. The van der Waals surface area contributed by atoms with Crippen molar-refractivity contribution in [3.05, 3.63) is 71.9 Å². The molecule has 0 radical (unpaired) electrons. The van der Waals surface area contributed by atoms with Crippen LogP contribution in [-0.4, -0.2) is 52.8 Å². The number of hydrogen-bond donors (Lipinski definition) is 1. The SMILES string of the molecule is O=C(c1ccc2[nH]ccc2c1)N1CCCC2(CCN(C(=O)c3ccccc3)C2)C1. The molecule has 1 atom stereocenters. The first kappa shape index (κ1) is 18.0. The summed E-state index contributed by atoms with van der Waals surface area (Å²) in [6.07, 6.45) is 4.93. The fourth-order valence-corrected chi connectivity index (χ4v) is 4.96. The molecule has 1 aromatic heterocycles. The highest BCUT2D eigenvalue weighted by molar-refractivity contribution is 5.98. The Labute approximate surface area is 170 Å². The van der Waals surface area contributed by atoms with Crippen molar-refractivity contribution in [3.8, 4) is 0 Å². The molecule has 5 rings (SSSR count). The monoisotopic (exact) mass is 387 g/mol. The number of nitrogens with zero attached hydrogens (tertiary/aromatic N) is 2. The lowest BCUT2D eigenvalue weighted by atomic mass is 9.79. The third kappa shape index (κ3) is 3.31. The summed E-state index contributed by atoms with van der Waals surface area (Å²) in [5.41, 5.74) is 2.55. The van der Waals surface area contributed by atoms with Crippen molar-refractivity contribution >= 4 is 22.7 Å². The highest BCUT2D eigenvalue weighted by Gasteiger charge is 2.44. The molecule has 1 spiro atoms. The van der Waals surface area contributed by atoms with Crippen LogP contribution < -0.4 is 0 Å². The van der Waals surface area contributed by atoms with Crippen molar-refractivity contribution < 1.29 is 9.59 Å². The maximum Gasteiger partial charge on any atom is 0.253 e. The second-order valence-electron chi connectivity index (χ2n) is 8.45. The normalized spacial score (nSPS) is 21.8. The zero-order valence-corrected chi connectivity index (χ0v) is 16.4. The number of hydrogen-bond acceptors (Lipinski definition) is 2. The number of H-pyrrole nitrogens is 1. The van der Waals surface area contributed by atoms with Crippen LogP contribution in [0.1, 0.15) is 40.0 Å². The van der Waals surface area contributed by atoms with Gasteiger partial charge in [-0.2, -0.15) is 0 Å². The summed E-state index contributed by atoms with van der Waals surface area (Å²) in [4.78, 5) is 33.2. The molecule has 2 amide bonds. The molecule has 148 valence electrons. The van der Waals surface area contributed by atoms with Crippen molar-refractivity contribution in [2.24, 2.45) is 5.41 Å². The molecule has 2 aliphatic heterocycles. The summed E-state index contributed by atoms with van der Waals surface area (Å²) in [6, 6.07) is 17.3. The molecule has 2 aliphatic rings. The van der Waals surface area contributed by atoms with E-state index >= 15 is 0 Å². The lowest BCUT2D eigenvalue weighted by Crippen LogP contribution is -2.47. The molecule has 5 nitrogen and oxygen atoms in total. The van der Waals surface area contributed by atoms with Gasteiger partial charge in [-0.05, 0) is 55.7 Å². The number of nitrogens with one attached hydrogen (secondary N) is 1. The van der Waals surface area contributed by atoms with E-state index in [4.69, 9.17) is 0 Å². The third-order valence-corrected chi connectivity index (χ3v) is 6.50. The number of aromatic nitrogens is 1. The highest BCUT2D eigenvalue weighted by atomic mass is 16.2. The summed E-state index contributed by atoms with van der Waals surface area (Å²) in [5, 5.41) is 1.06. The fourth-order valence-electron chi connectivity index (χ4n) is 4.96. The number of amides is 2. The Morgan fingerprint density at radius 3 is 2.41 bits per heavy atom. The van der Waals surface area contributed by atoms with E-state index in [2.05, 4.69) is 4.98 Å². The summed E-state index contributed by atoms with van der Waals surface area (Å²) in [6.45, 7) is 3.03. The van der Waals surface area contributed by atoms with Crippen LogP contribution in [0.2, 0.25) is 0 Å². The maximum absolute atomic E-state index is 13.2. The van der Waals surface area contributed by atoms with Gasteiger partial charge in [-0.1, -0.05) is 18.2 Å². The number of benzene rings is 2. The van der Waals surface area contributed by atoms with Crippen LogP contribution in [0.25, 0.3) is 10.9 Å². The van der Waals surface area contributed by atoms with E-state index in [1.165, 1.54) is 0 Å². The minimum absolute atomic E-state index is 0.0243. The number of carbonyl (C=O) groups excluding carboxylic acids is 2. The van der Waals surface area contributed by atoms with Gasteiger partial charge in [0, 0.05) is 59.8 Å². The molecule has 0 saturated carbocycles. The Bertz CT molecular complexity index is 1060. The molecule has 3 heterocycles. The zero-order valence-electron chi connectivity index (χ0n) is 16.4. The van der Waals surface area contributed by atoms with Gasteiger partial charge in [0.1, 0.15) is 0 Å². The summed E-state index contributed by atoms with van der Waals surface area (Å²) >= 11 is 0. The Morgan fingerprint density at radius 1 is 0.828 bits per heavy atom. The first-order valence-electron chi connectivity index (χ1n) is 10.3. The van der Waals surface area contributed by atoms with E-state index in [1.54, 1.807) is 0 Å². The molecule has 29 heavy (non-hydrogen) atoms. The minimum Gasteiger partial charge on any atom is -0.361 e. The van der Waals surface area contributed by atoms with Crippen LogP contribution in [0.5, 0.6) is 0 Å². The number of carbonyl (C=O) groups is 2. The van der Waals surface area contributed by atoms with Crippen molar-refractivity contribution in [2.75, 3.05) is 26.2 Å². The molecule has 0 aliphatic carbocycles. The molecular formula is C24H25N3O2. The smallest absolute Gasteiger partial charge is 0.253 e. The van der Waals surface area contributed by atoms with Gasteiger partial charge < -0.3 is 14.8 Å². The molecule has 5 heteroatoms. The number of aromatic amines is 1. The Balaban J connectivity index is 1.31. The number of piperidine rings is 1. The highest BCUT2D eigenvalue weighted by Crippen LogP contribution is 2.39. The van der Waals surface area contributed by atoms with Crippen LogP contribution in [0, 0.1) is 5.41 Å². The van der Waals surface area contributed by atoms with Gasteiger partial charge in [0.15, 0.2) is 0 Å². The van der Waals surface area contributed by atoms with E-state index in [0.717, 1.165) is 67.5 Å². The van der Waals surface area contributed by atoms with Gasteiger partial charge >= 0.3 is 0 Å². The molecule has 1 unspecified atom stereocenters. The average Bonchev–Trinajstić information content (AvgIpc) is 3.40. The minimum atomic E-state index is 0.0243. The van der Waals surface area contributed by atoms with E-state index in [1.807, 2.05) is 70.6 Å². The van der Waals surface area contributed by atoms with Gasteiger partial charge in [-0.25, -0.2) is 0 Å². The first-order chi connectivity index (χ1) is 14.1. The second-order valence-corrected chi connectivity index (χ2v) is 8.45. The maximum atomic E-state index is 13.2. The fraction of sp³-hybridized carbons (Fsp3) is 0.333. The van der Waals surface area contributed by atoms with Crippen LogP contribution in [0.3, 0.4) is 0 Å². The zero-order chi connectivity index (χ0) is 19.8. The predicted octanol–water partition coefficient (Wildman–Crippen LogP) is 3.94. The van der Waals surface area contributed by atoms with E-state index in [-0.39, 0.29) is 17.2 Å². The standard InChI is InChI=1S/C24H25N3O2/c28-22(18-5-2-1-3-6-18)27-14-11-24(17-27)10-4-13-26(16-24)23(29)20-7-8-21-19(15-20)9-12-25-21/h1-3,5-9,12,15,25H,4,10-11,13-14,16-17H2. The quantitative estimate of drug-likeness (QED) is 0.724. The van der Waals surface area contributed by atoms with Crippen molar-refractivity contribution in [1.82, 2.24) is 14.8 Å². The predicted molar refractivity (Wildman–Crippen MR) is 113 cm³/mol. The van der Waals surface area contributed by atoms with Gasteiger partial charge in [0.25, 0.3) is 11.8 Å². The molecule has 2 saturated heterocycles. The lowest BCUT2D eigenvalue weighted by molar-refractivity contribution is 0.0516. The van der Waals surface area contributed by atoms with E-state index < -0.39 is 0 Å². The molecule has 2 aromatic carbocycles. The van der Waals surface area contributed by atoms with Gasteiger partial charge in [-0.15, -0.1) is 0 Å². The lowest BCUT2D eigenvalue weighted by Gasteiger charge is -2.40. The molecule has 0 bridgehead atoms. The van der Waals surface area contributed by atoms with Crippen molar-refractivity contribution in [2.45, 2.75) is 19.3 Å². The Morgan fingerprint density at radius 2 is 1.59 bits per heavy atom. The average molecular weight is 387 g/mol. The van der Waals surface area contributed by atoms with E-state index in [0.29, 0.717) is 0 Å². The number of likely N-dealkylation sites (tertiary alicyclic amines) is 2. The summed E-state index contributed by atoms with van der Waals surface area (Å²) in [7, 11) is 0.